The minimum Gasteiger partial charge on any atom is -0.760 e. The van der Waals surface area contributed by atoms with Crippen LogP contribution in [0, 0.1) is 0 Å². The minimum absolute atomic E-state index is 0.0305. The normalized spacial score (nSPS) is 15.9. The molecule has 1 unspecified atom stereocenters. The Morgan fingerprint density at radius 3 is 2.00 bits per heavy atom. The molecule has 0 aliphatic carbocycles. The standard InChI is InChI=1S/C22H20Cl3N3O2S/c23-17-8-4-15(5-9-17)22(16-6-10-18(24)11-7-16)27-13-20(14-27)28(31(29)30)12-19-2-1-3-21(25)26-19/h1-11,20,22H,12-14H2,(H,29,30)/p-1. The maximum Gasteiger partial charge on any atom is 0.129 e. The molecule has 4 rings (SSSR count). The van der Waals surface area contributed by atoms with E-state index in [4.69, 9.17) is 34.8 Å². The van der Waals surface area contributed by atoms with E-state index in [2.05, 4.69) is 9.88 Å². The number of hydrogen-bond acceptors (Lipinski definition) is 4. The Morgan fingerprint density at radius 2 is 1.52 bits per heavy atom. The quantitative estimate of drug-likeness (QED) is 0.337. The highest BCUT2D eigenvalue weighted by Crippen LogP contribution is 2.35. The molecule has 0 bridgehead atoms. The molecule has 2 aromatic carbocycles. The van der Waals surface area contributed by atoms with E-state index >= 15 is 0 Å². The summed E-state index contributed by atoms with van der Waals surface area (Å²) in [5, 5.41) is 1.68. The molecule has 2 heterocycles. The fourth-order valence-electron chi connectivity index (χ4n) is 3.79. The van der Waals surface area contributed by atoms with Gasteiger partial charge in [0.2, 0.25) is 0 Å². The van der Waals surface area contributed by atoms with Crippen LogP contribution >= 0.6 is 34.8 Å². The molecular formula is C22H19Cl3N3O2S-. The summed E-state index contributed by atoms with van der Waals surface area (Å²) in [5.74, 6) is 0. The van der Waals surface area contributed by atoms with Crippen LogP contribution in [-0.4, -0.2) is 42.1 Å². The van der Waals surface area contributed by atoms with E-state index in [0.29, 0.717) is 34.0 Å². The molecule has 9 heteroatoms. The number of rotatable bonds is 7. The number of nitrogens with zero attached hydrogens (tertiary/aromatic N) is 3. The van der Waals surface area contributed by atoms with Crippen LogP contribution in [0.3, 0.4) is 0 Å². The third kappa shape index (κ3) is 5.46. The molecule has 0 amide bonds. The summed E-state index contributed by atoms with van der Waals surface area (Å²) in [7, 11) is 0. The van der Waals surface area contributed by atoms with Gasteiger partial charge in [0.1, 0.15) is 5.15 Å². The molecule has 31 heavy (non-hydrogen) atoms. The van der Waals surface area contributed by atoms with Crippen molar-refractivity contribution in [2.75, 3.05) is 13.1 Å². The molecule has 0 saturated carbocycles. The summed E-state index contributed by atoms with van der Waals surface area (Å²) in [6, 6.07) is 20.4. The van der Waals surface area contributed by atoms with Crippen molar-refractivity contribution in [1.29, 1.82) is 0 Å². The highest BCUT2D eigenvalue weighted by molar-refractivity contribution is 7.76. The Morgan fingerprint density at radius 1 is 0.968 bits per heavy atom. The number of halogens is 3. The maximum absolute atomic E-state index is 11.9. The molecule has 0 N–H and O–H groups in total. The highest BCUT2D eigenvalue weighted by Gasteiger charge is 2.38. The Balaban J connectivity index is 1.54. The van der Waals surface area contributed by atoms with Crippen LogP contribution in [0.5, 0.6) is 0 Å². The van der Waals surface area contributed by atoms with Crippen LogP contribution in [0.1, 0.15) is 22.9 Å². The maximum atomic E-state index is 11.9. The van der Waals surface area contributed by atoms with Crippen LogP contribution in [0.15, 0.2) is 66.7 Å². The summed E-state index contributed by atoms with van der Waals surface area (Å²) in [5.41, 5.74) is 2.77. The van der Waals surface area contributed by atoms with Gasteiger partial charge < -0.3 is 4.55 Å². The first-order valence-electron chi connectivity index (χ1n) is 9.63. The lowest BCUT2D eigenvalue weighted by molar-refractivity contribution is 0.0490. The molecule has 162 valence electrons. The van der Waals surface area contributed by atoms with E-state index in [1.165, 1.54) is 4.31 Å². The van der Waals surface area contributed by atoms with Crippen molar-refractivity contribution < 1.29 is 8.76 Å². The van der Waals surface area contributed by atoms with Gasteiger partial charge in [-0.25, -0.2) is 9.29 Å². The number of pyridine rings is 1. The summed E-state index contributed by atoms with van der Waals surface area (Å²) in [6.07, 6.45) is 0. The third-order valence-electron chi connectivity index (χ3n) is 5.32. The topological polar surface area (TPSA) is 59.5 Å². The second-order valence-electron chi connectivity index (χ2n) is 7.36. The van der Waals surface area contributed by atoms with Crippen LogP contribution in [0.25, 0.3) is 0 Å². The van der Waals surface area contributed by atoms with Crippen LogP contribution < -0.4 is 0 Å². The average molecular weight is 496 g/mol. The van der Waals surface area contributed by atoms with Gasteiger partial charge in [0.15, 0.2) is 0 Å². The Kier molecular flexibility index (Phi) is 7.29. The van der Waals surface area contributed by atoms with Gasteiger partial charge in [-0.3, -0.25) is 9.11 Å². The van der Waals surface area contributed by atoms with Gasteiger partial charge in [0.25, 0.3) is 0 Å². The van der Waals surface area contributed by atoms with Gasteiger partial charge in [-0.1, -0.05) is 65.1 Å². The van der Waals surface area contributed by atoms with E-state index in [1.807, 2.05) is 48.5 Å². The smallest absolute Gasteiger partial charge is 0.129 e. The monoisotopic (exact) mass is 494 g/mol. The van der Waals surface area contributed by atoms with Crippen LogP contribution in [-0.2, 0) is 17.8 Å². The molecule has 3 aromatic rings. The SMILES string of the molecule is O=S([O-])N(Cc1cccc(Cl)n1)C1CN(C(c2ccc(Cl)cc2)c2ccc(Cl)cc2)C1. The van der Waals surface area contributed by atoms with Crippen molar-refractivity contribution >= 4 is 46.1 Å². The predicted octanol–water partition coefficient (Wildman–Crippen LogP) is 5.11. The average Bonchev–Trinajstić information content (AvgIpc) is 2.71. The van der Waals surface area contributed by atoms with E-state index in [1.54, 1.807) is 18.2 Å². The lowest BCUT2D eigenvalue weighted by Crippen LogP contribution is -2.60. The molecule has 1 aromatic heterocycles. The number of likely N-dealkylation sites (tertiary alicyclic amines) is 1. The zero-order chi connectivity index (χ0) is 22.0. The van der Waals surface area contributed by atoms with Crippen LogP contribution in [0.4, 0.5) is 0 Å². The van der Waals surface area contributed by atoms with Crippen molar-refractivity contribution in [2.45, 2.75) is 18.6 Å². The Hall–Kier alpha value is -1.51. The predicted molar refractivity (Wildman–Crippen MR) is 124 cm³/mol. The van der Waals surface area contributed by atoms with Crippen molar-refractivity contribution in [3.05, 3.63) is 98.7 Å². The lowest BCUT2D eigenvalue weighted by atomic mass is 9.93. The Labute approximate surface area is 199 Å². The summed E-state index contributed by atoms with van der Waals surface area (Å²) < 4.78 is 25.3. The number of benzene rings is 2. The van der Waals surface area contributed by atoms with Gasteiger partial charge >= 0.3 is 0 Å². The first-order valence-corrected chi connectivity index (χ1v) is 11.8. The van der Waals surface area contributed by atoms with Gasteiger partial charge in [-0.05, 0) is 47.5 Å². The van der Waals surface area contributed by atoms with E-state index in [-0.39, 0.29) is 18.6 Å². The van der Waals surface area contributed by atoms with Gasteiger partial charge in [0.05, 0.1) is 18.3 Å². The molecule has 1 aliphatic heterocycles. The van der Waals surface area contributed by atoms with Crippen molar-refractivity contribution in [2.24, 2.45) is 0 Å². The van der Waals surface area contributed by atoms with Crippen molar-refractivity contribution in [3.8, 4) is 0 Å². The molecule has 5 nitrogen and oxygen atoms in total. The molecule has 0 radical (unpaired) electrons. The largest absolute Gasteiger partial charge is 0.760 e. The fourth-order valence-corrected chi connectivity index (χ4v) is 4.83. The Bertz CT molecular complexity index is 1010. The number of hydrogen-bond donors (Lipinski definition) is 0. The molecule has 1 atom stereocenters. The summed E-state index contributed by atoms with van der Waals surface area (Å²) in [6.45, 7) is 1.36. The summed E-state index contributed by atoms with van der Waals surface area (Å²) >= 11 is 15.7. The fraction of sp³-hybridized carbons (Fsp3) is 0.227. The van der Waals surface area contributed by atoms with Gasteiger partial charge in [-0.2, -0.15) is 0 Å². The van der Waals surface area contributed by atoms with E-state index in [9.17, 15) is 8.76 Å². The van der Waals surface area contributed by atoms with E-state index in [0.717, 1.165) is 11.1 Å². The summed E-state index contributed by atoms with van der Waals surface area (Å²) in [4.78, 5) is 6.45. The highest BCUT2D eigenvalue weighted by atomic mass is 35.5. The first kappa shape index (κ1) is 22.7. The second kappa shape index (κ2) is 9.96. The zero-order valence-corrected chi connectivity index (χ0v) is 19.4. The van der Waals surface area contributed by atoms with Crippen molar-refractivity contribution in [3.63, 3.8) is 0 Å². The lowest BCUT2D eigenvalue weighted by Gasteiger charge is -2.49. The first-order chi connectivity index (χ1) is 14.9. The molecule has 1 aliphatic rings. The number of aromatic nitrogens is 1. The zero-order valence-electron chi connectivity index (χ0n) is 16.3. The molecule has 1 fully saturated rings. The van der Waals surface area contributed by atoms with Crippen molar-refractivity contribution in [1.82, 2.24) is 14.2 Å². The van der Waals surface area contributed by atoms with Gasteiger partial charge in [-0.15, -0.1) is 0 Å². The second-order valence-corrected chi connectivity index (χ2v) is 9.52. The molecule has 0 spiro atoms. The van der Waals surface area contributed by atoms with E-state index < -0.39 is 11.3 Å². The molecule has 1 saturated heterocycles. The minimum atomic E-state index is -2.37. The van der Waals surface area contributed by atoms with Crippen LogP contribution in [0.2, 0.25) is 15.2 Å². The molecular weight excluding hydrogens is 477 g/mol. The third-order valence-corrected chi connectivity index (χ3v) is 6.84. The van der Waals surface area contributed by atoms with Gasteiger partial charge in [0, 0.05) is 40.4 Å².